The third kappa shape index (κ3) is 2.10. The van der Waals surface area contributed by atoms with Gasteiger partial charge in [-0.05, 0) is 16.8 Å². The highest BCUT2D eigenvalue weighted by atomic mass is 19.4. The van der Waals surface area contributed by atoms with E-state index in [0.29, 0.717) is 10.8 Å². The molecule has 2 N–H and O–H groups in total. The minimum absolute atomic E-state index is 0.0454. The second-order valence-corrected chi connectivity index (χ2v) is 4.76. The number of halogens is 3. The fourth-order valence-corrected chi connectivity index (χ4v) is 2.37. The Labute approximate surface area is 121 Å². The number of hydrogen-bond donors (Lipinski definition) is 2. The van der Waals surface area contributed by atoms with Gasteiger partial charge >= 0.3 is 11.8 Å². The third-order valence-electron chi connectivity index (χ3n) is 3.39. The van der Waals surface area contributed by atoms with E-state index in [1.54, 1.807) is 30.3 Å². The van der Waals surface area contributed by atoms with E-state index in [1.807, 2.05) is 0 Å². The SMILES string of the molecule is O=c1oc2ccc3ccccc3c2c(O)c1C(O)C(F)(F)F. The predicted octanol–water partition coefficient (Wildman–Crippen LogP) is 3.25. The van der Waals surface area contributed by atoms with E-state index in [9.17, 15) is 28.2 Å². The van der Waals surface area contributed by atoms with Crippen LogP contribution in [-0.4, -0.2) is 16.4 Å². The van der Waals surface area contributed by atoms with Crippen LogP contribution in [0.5, 0.6) is 5.75 Å². The number of hydrogen-bond acceptors (Lipinski definition) is 4. The van der Waals surface area contributed by atoms with E-state index in [2.05, 4.69) is 0 Å². The van der Waals surface area contributed by atoms with Crippen LogP contribution in [0, 0.1) is 0 Å². The van der Waals surface area contributed by atoms with Gasteiger partial charge in [0.15, 0.2) is 6.10 Å². The number of fused-ring (bicyclic) bond motifs is 3. The van der Waals surface area contributed by atoms with Crippen LogP contribution < -0.4 is 5.63 Å². The van der Waals surface area contributed by atoms with Gasteiger partial charge in [-0.1, -0.05) is 30.3 Å². The first-order chi connectivity index (χ1) is 10.3. The summed E-state index contributed by atoms with van der Waals surface area (Å²) in [6.07, 6.45) is -8.21. The molecule has 1 aromatic heterocycles. The fourth-order valence-electron chi connectivity index (χ4n) is 2.37. The standard InChI is InChI=1S/C15H9F3O4/c16-15(17,18)13(20)11-12(19)10-8-4-2-1-3-7(8)5-6-9(10)22-14(11)21/h1-6,13,19-20H. The zero-order valence-corrected chi connectivity index (χ0v) is 10.9. The molecule has 4 nitrogen and oxygen atoms in total. The molecule has 0 aliphatic heterocycles. The van der Waals surface area contributed by atoms with Gasteiger partial charge in [-0.15, -0.1) is 0 Å². The van der Waals surface area contributed by atoms with Crippen molar-refractivity contribution in [3.8, 4) is 5.75 Å². The van der Waals surface area contributed by atoms with E-state index in [4.69, 9.17) is 4.42 Å². The quantitative estimate of drug-likeness (QED) is 0.535. The van der Waals surface area contributed by atoms with E-state index in [-0.39, 0.29) is 11.0 Å². The number of benzene rings is 2. The van der Waals surface area contributed by atoms with Crippen LogP contribution in [0.3, 0.4) is 0 Å². The van der Waals surface area contributed by atoms with E-state index < -0.39 is 29.2 Å². The van der Waals surface area contributed by atoms with Crippen molar-refractivity contribution in [3.63, 3.8) is 0 Å². The molecule has 1 heterocycles. The van der Waals surface area contributed by atoms with E-state index in [1.165, 1.54) is 6.07 Å². The van der Waals surface area contributed by atoms with Crippen molar-refractivity contribution in [1.82, 2.24) is 0 Å². The molecule has 0 fully saturated rings. The molecule has 1 atom stereocenters. The molecule has 22 heavy (non-hydrogen) atoms. The lowest BCUT2D eigenvalue weighted by Crippen LogP contribution is -2.25. The maximum absolute atomic E-state index is 12.7. The van der Waals surface area contributed by atoms with Crippen molar-refractivity contribution in [3.05, 3.63) is 52.4 Å². The molecule has 0 spiro atoms. The van der Waals surface area contributed by atoms with Crippen LogP contribution in [0.1, 0.15) is 11.7 Å². The average molecular weight is 310 g/mol. The monoisotopic (exact) mass is 310 g/mol. The molecule has 0 bridgehead atoms. The first-order valence-corrected chi connectivity index (χ1v) is 6.23. The Hall–Kier alpha value is -2.54. The van der Waals surface area contributed by atoms with Crippen LogP contribution in [-0.2, 0) is 0 Å². The Morgan fingerprint density at radius 1 is 1.09 bits per heavy atom. The number of rotatable bonds is 1. The molecule has 0 saturated heterocycles. The van der Waals surface area contributed by atoms with Crippen molar-refractivity contribution in [1.29, 1.82) is 0 Å². The van der Waals surface area contributed by atoms with Gasteiger partial charge < -0.3 is 14.6 Å². The smallest absolute Gasteiger partial charge is 0.419 e. The predicted molar refractivity (Wildman–Crippen MR) is 72.7 cm³/mol. The Morgan fingerprint density at radius 2 is 1.77 bits per heavy atom. The van der Waals surface area contributed by atoms with Gasteiger partial charge in [0.25, 0.3) is 0 Å². The number of alkyl halides is 3. The summed E-state index contributed by atoms with van der Waals surface area (Å²) in [5.41, 5.74) is -2.69. The third-order valence-corrected chi connectivity index (χ3v) is 3.39. The average Bonchev–Trinajstić information content (AvgIpc) is 2.45. The van der Waals surface area contributed by atoms with E-state index >= 15 is 0 Å². The Bertz CT molecular complexity index is 928. The zero-order chi connectivity index (χ0) is 16.1. The number of aliphatic hydroxyl groups excluding tert-OH is 1. The highest BCUT2D eigenvalue weighted by Crippen LogP contribution is 2.40. The summed E-state index contributed by atoms with van der Waals surface area (Å²) < 4.78 is 42.8. The largest absolute Gasteiger partial charge is 0.506 e. The first kappa shape index (κ1) is 14.4. The van der Waals surface area contributed by atoms with Crippen LogP contribution in [0.15, 0.2) is 45.6 Å². The highest BCUT2D eigenvalue weighted by molar-refractivity contribution is 6.08. The normalized spacial score (nSPS) is 13.6. The second kappa shape index (κ2) is 4.74. The molecular weight excluding hydrogens is 301 g/mol. The topological polar surface area (TPSA) is 70.7 Å². The highest BCUT2D eigenvalue weighted by Gasteiger charge is 2.43. The Kier molecular flexibility index (Phi) is 3.10. The number of aliphatic hydroxyl groups is 1. The van der Waals surface area contributed by atoms with Crippen molar-refractivity contribution >= 4 is 21.7 Å². The molecule has 0 aliphatic rings. The van der Waals surface area contributed by atoms with Gasteiger partial charge in [0, 0.05) is 0 Å². The minimum Gasteiger partial charge on any atom is -0.506 e. The summed E-state index contributed by atoms with van der Waals surface area (Å²) >= 11 is 0. The summed E-state index contributed by atoms with van der Waals surface area (Å²) in [7, 11) is 0. The van der Waals surface area contributed by atoms with E-state index in [0.717, 1.165) is 0 Å². The van der Waals surface area contributed by atoms with Crippen LogP contribution in [0.4, 0.5) is 13.2 Å². The van der Waals surface area contributed by atoms with Crippen molar-refractivity contribution in [2.24, 2.45) is 0 Å². The van der Waals surface area contributed by atoms with Gasteiger partial charge in [-0.2, -0.15) is 13.2 Å². The fraction of sp³-hybridized carbons (Fsp3) is 0.133. The zero-order valence-electron chi connectivity index (χ0n) is 10.9. The van der Waals surface area contributed by atoms with Gasteiger partial charge in [0.1, 0.15) is 16.9 Å². The van der Waals surface area contributed by atoms with Gasteiger partial charge in [0.2, 0.25) is 0 Å². The molecular formula is C15H9F3O4. The molecule has 3 rings (SSSR count). The van der Waals surface area contributed by atoms with Gasteiger partial charge in [-0.25, -0.2) is 4.79 Å². The Morgan fingerprint density at radius 3 is 2.45 bits per heavy atom. The van der Waals surface area contributed by atoms with Crippen LogP contribution >= 0.6 is 0 Å². The van der Waals surface area contributed by atoms with Gasteiger partial charge in [-0.3, -0.25) is 0 Å². The number of aromatic hydroxyl groups is 1. The maximum Gasteiger partial charge on any atom is 0.419 e. The van der Waals surface area contributed by atoms with Crippen molar-refractivity contribution < 1.29 is 27.8 Å². The molecule has 1 unspecified atom stereocenters. The van der Waals surface area contributed by atoms with Crippen LogP contribution in [0.2, 0.25) is 0 Å². The minimum atomic E-state index is -5.09. The molecule has 3 aromatic rings. The van der Waals surface area contributed by atoms with Gasteiger partial charge in [0.05, 0.1) is 5.39 Å². The lowest BCUT2D eigenvalue weighted by atomic mass is 10.0. The molecule has 7 heteroatoms. The molecule has 0 aliphatic carbocycles. The lowest BCUT2D eigenvalue weighted by molar-refractivity contribution is -0.207. The Balaban J connectivity index is 2.45. The second-order valence-electron chi connectivity index (χ2n) is 4.76. The summed E-state index contributed by atoms with van der Waals surface area (Å²) in [4.78, 5) is 11.7. The molecule has 0 radical (unpaired) electrons. The lowest BCUT2D eigenvalue weighted by Gasteiger charge is -2.16. The van der Waals surface area contributed by atoms with Crippen molar-refractivity contribution in [2.45, 2.75) is 12.3 Å². The summed E-state index contributed by atoms with van der Waals surface area (Å²) in [5.74, 6) is -0.923. The molecule has 114 valence electrons. The maximum atomic E-state index is 12.7. The molecule has 0 amide bonds. The molecule has 2 aromatic carbocycles. The van der Waals surface area contributed by atoms with Crippen molar-refractivity contribution in [2.75, 3.05) is 0 Å². The summed E-state index contributed by atoms with van der Waals surface area (Å²) in [6.45, 7) is 0. The summed E-state index contributed by atoms with van der Waals surface area (Å²) in [6, 6.07) is 9.60. The summed E-state index contributed by atoms with van der Waals surface area (Å²) in [5, 5.41) is 20.5. The van der Waals surface area contributed by atoms with Crippen LogP contribution in [0.25, 0.3) is 21.7 Å². The first-order valence-electron chi connectivity index (χ1n) is 6.23. The molecule has 0 saturated carbocycles.